The Hall–Kier alpha value is -1.55. The van der Waals surface area contributed by atoms with Crippen LogP contribution < -0.4 is 10.2 Å². The number of halogens is 2. The number of aromatic nitrogens is 2. The van der Waals surface area contributed by atoms with E-state index in [-0.39, 0.29) is 17.9 Å². The molecule has 29 heavy (non-hydrogen) atoms. The molecule has 7 nitrogen and oxygen atoms in total. The Bertz CT molecular complexity index is 885. The van der Waals surface area contributed by atoms with Gasteiger partial charge in [0.05, 0.1) is 16.3 Å². The molecule has 1 fully saturated rings. The van der Waals surface area contributed by atoms with Crippen LogP contribution in [0.4, 0.5) is 5.13 Å². The summed E-state index contributed by atoms with van der Waals surface area (Å²) < 4.78 is 0.755. The maximum absolute atomic E-state index is 12.7. The summed E-state index contributed by atoms with van der Waals surface area (Å²) in [5.74, 6) is 0.197. The van der Waals surface area contributed by atoms with Crippen LogP contribution in [-0.2, 0) is 4.79 Å². The highest BCUT2D eigenvalue weighted by molar-refractivity contribution is 8.01. The molecule has 1 aliphatic heterocycles. The van der Waals surface area contributed by atoms with Crippen molar-refractivity contribution in [1.29, 1.82) is 0 Å². The third-order valence-electron chi connectivity index (χ3n) is 4.17. The molecule has 0 atom stereocenters. The smallest absolute Gasteiger partial charge is 0.255 e. The first-order valence-corrected chi connectivity index (χ1v) is 11.6. The summed E-state index contributed by atoms with van der Waals surface area (Å²) in [7, 11) is 0. The fraction of sp³-hybridized carbons (Fsp3) is 0.444. The summed E-state index contributed by atoms with van der Waals surface area (Å²) in [6, 6.07) is 5.02. The number of hydrogen-bond acceptors (Lipinski definition) is 7. The van der Waals surface area contributed by atoms with Gasteiger partial charge in [-0.15, -0.1) is 10.2 Å². The molecule has 3 rings (SSSR count). The fourth-order valence-electron chi connectivity index (χ4n) is 2.81. The van der Waals surface area contributed by atoms with Gasteiger partial charge in [0.1, 0.15) is 0 Å². The molecule has 0 spiro atoms. The summed E-state index contributed by atoms with van der Waals surface area (Å²) >= 11 is 14.9. The SMILES string of the molecule is CC(C)NC(=O)CSc1nnc(N2CCN(C(=O)c3ccc(Cl)cc3Cl)CC2)s1. The van der Waals surface area contributed by atoms with Gasteiger partial charge < -0.3 is 15.1 Å². The number of thioether (sulfide) groups is 1. The lowest BCUT2D eigenvalue weighted by Crippen LogP contribution is -2.48. The van der Waals surface area contributed by atoms with E-state index < -0.39 is 0 Å². The largest absolute Gasteiger partial charge is 0.353 e. The lowest BCUT2D eigenvalue weighted by Gasteiger charge is -2.34. The molecule has 0 unspecified atom stereocenters. The second-order valence-electron chi connectivity index (χ2n) is 6.76. The zero-order chi connectivity index (χ0) is 21.0. The Morgan fingerprint density at radius 1 is 1.21 bits per heavy atom. The van der Waals surface area contributed by atoms with E-state index >= 15 is 0 Å². The van der Waals surface area contributed by atoms with Crippen molar-refractivity contribution in [2.75, 3.05) is 36.8 Å². The summed E-state index contributed by atoms with van der Waals surface area (Å²) in [6.45, 7) is 6.30. The second kappa shape index (κ2) is 9.97. The highest BCUT2D eigenvalue weighted by Gasteiger charge is 2.25. The minimum atomic E-state index is -0.101. The standard InChI is InChI=1S/C18H21Cl2N5O2S2/c1-11(2)21-15(26)10-28-18-23-22-17(29-18)25-7-5-24(6-8-25)16(27)13-4-3-12(19)9-14(13)20/h3-4,9,11H,5-8,10H2,1-2H3,(H,21,26). The first-order valence-electron chi connectivity index (χ1n) is 9.08. The molecule has 1 saturated heterocycles. The number of anilines is 1. The van der Waals surface area contributed by atoms with Gasteiger partial charge in [0.2, 0.25) is 11.0 Å². The van der Waals surface area contributed by atoms with E-state index in [9.17, 15) is 9.59 Å². The van der Waals surface area contributed by atoms with Gasteiger partial charge in [0, 0.05) is 37.2 Å². The highest BCUT2D eigenvalue weighted by atomic mass is 35.5. The molecule has 0 aliphatic carbocycles. The van der Waals surface area contributed by atoms with Gasteiger partial charge in [0.25, 0.3) is 5.91 Å². The van der Waals surface area contributed by atoms with E-state index in [0.717, 1.165) is 9.47 Å². The minimum Gasteiger partial charge on any atom is -0.353 e. The molecule has 0 saturated carbocycles. The number of piperazine rings is 1. The Morgan fingerprint density at radius 2 is 1.93 bits per heavy atom. The number of hydrogen-bond donors (Lipinski definition) is 1. The predicted octanol–water partition coefficient (Wildman–Crippen LogP) is 3.42. The van der Waals surface area contributed by atoms with Crippen molar-refractivity contribution < 1.29 is 9.59 Å². The first kappa shape index (κ1) is 22.1. The van der Waals surface area contributed by atoms with Crippen LogP contribution in [0.5, 0.6) is 0 Å². The van der Waals surface area contributed by atoms with E-state index in [1.54, 1.807) is 23.1 Å². The van der Waals surface area contributed by atoms with Crippen molar-refractivity contribution in [3.05, 3.63) is 33.8 Å². The number of rotatable bonds is 6. The predicted molar refractivity (Wildman–Crippen MR) is 118 cm³/mol. The molecule has 11 heteroatoms. The van der Waals surface area contributed by atoms with Crippen LogP contribution in [0.2, 0.25) is 10.0 Å². The molecule has 1 aromatic heterocycles. The van der Waals surface area contributed by atoms with Gasteiger partial charge >= 0.3 is 0 Å². The summed E-state index contributed by atoms with van der Waals surface area (Å²) in [4.78, 5) is 28.3. The zero-order valence-electron chi connectivity index (χ0n) is 16.0. The van der Waals surface area contributed by atoms with Gasteiger partial charge in [-0.3, -0.25) is 9.59 Å². The number of benzene rings is 1. The van der Waals surface area contributed by atoms with Crippen molar-refractivity contribution in [3.63, 3.8) is 0 Å². The highest BCUT2D eigenvalue weighted by Crippen LogP contribution is 2.29. The molecule has 2 heterocycles. The van der Waals surface area contributed by atoms with E-state index in [1.165, 1.54) is 23.1 Å². The third-order valence-corrected chi connectivity index (χ3v) is 6.84. The zero-order valence-corrected chi connectivity index (χ0v) is 19.2. The lowest BCUT2D eigenvalue weighted by atomic mass is 10.2. The molecule has 2 amide bonds. The quantitative estimate of drug-likeness (QED) is 0.647. The number of nitrogens with one attached hydrogen (secondary N) is 1. The van der Waals surface area contributed by atoms with Gasteiger partial charge in [0.15, 0.2) is 4.34 Å². The van der Waals surface area contributed by atoms with Crippen LogP contribution in [0, 0.1) is 0 Å². The van der Waals surface area contributed by atoms with Crippen LogP contribution in [-0.4, -0.2) is 64.9 Å². The molecule has 1 N–H and O–H groups in total. The van der Waals surface area contributed by atoms with Crippen LogP contribution in [0.3, 0.4) is 0 Å². The lowest BCUT2D eigenvalue weighted by molar-refractivity contribution is -0.119. The molecule has 2 aromatic rings. The summed E-state index contributed by atoms with van der Waals surface area (Å²) in [5.41, 5.74) is 0.457. The van der Waals surface area contributed by atoms with E-state index in [2.05, 4.69) is 20.4 Å². The van der Waals surface area contributed by atoms with Crippen LogP contribution in [0.25, 0.3) is 0 Å². The third kappa shape index (κ3) is 5.97. The van der Waals surface area contributed by atoms with Crippen LogP contribution in [0.1, 0.15) is 24.2 Å². The Labute approximate surface area is 187 Å². The van der Waals surface area contributed by atoms with Crippen molar-refractivity contribution in [1.82, 2.24) is 20.4 Å². The maximum Gasteiger partial charge on any atom is 0.255 e. The molecule has 156 valence electrons. The molecule has 1 aliphatic rings. The van der Waals surface area contributed by atoms with Gasteiger partial charge in [-0.2, -0.15) is 0 Å². The molecule has 0 radical (unpaired) electrons. The second-order valence-corrected chi connectivity index (χ2v) is 9.79. The number of amides is 2. The Kier molecular flexibility index (Phi) is 7.61. The normalized spacial score (nSPS) is 14.4. The Balaban J connectivity index is 1.52. The summed E-state index contributed by atoms with van der Waals surface area (Å²) in [5, 5.41) is 12.9. The van der Waals surface area contributed by atoms with Crippen molar-refractivity contribution in [2.24, 2.45) is 0 Å². The van der Waals surface area contributed by atoms with Crippen molar-refractivity contribution in [2.45, 2.75) is 24.2 Å². The van der Waals surface area contributed by atoms with E-state index in [1.807, 2.05) is 13.8 Å². The van der Waals surface area contributed by atoms with Crippen LogP contribution in [0.15, 0.2) is 22.5 Å². The number of nitrogens with zero attached hydrogens (tertiary/aromatic N) is 4. The summed E-state index contributed by atoms with van der Waals surface area (Å²) in [6.07, 6.45) is 0. The topological polar surface area (TPSA) is 78.4 Å². The van der Waals surface area contributed by atoms with Gasteiger partial charge in [-0.05, 0) is 32.0 Å². The number of carbonyl (C=O) groups excluding carboxylic acids is 2. The van der Waals surface area contributed by atoms with E-state index in [4.69, 9.17) is 23.2 Å². The van der Waals surface area contributed by atoms with Crippen LogP contribution >= 0.6 is 46.3 Å². The molecule has 1 aromatic carbocycles. The monoisotopic (exact) mass is 473 g/mol. The molecule has 0 bridgehead atoms. The molecular formula is C18H21Cl2N5O2S2. The first-order chi connectivity index (χ1) is 13.8. The van der Waals surface area contributed by atoms with Crippen molar-refractivity contribution in [3.8, 4) is 0 Å². The van der Waals surface area contributed by atoms with Gasteiger partial charge in [-0.25, -0.2) is 0 Å². The Morgan fingerprint density at radius 3 is 2.59 bits per heavy atom. The fourth-order valence-corrected chi connectivity index (χ4v) is 5.01. The molecular weight excluding hydrogens is 453 g/mol. The average Bonchev–Trinajstić information content (AvgIpc) is 3.15. The minimum absolute atomic E-state index is 0.0188. The maximum atomic E-state index is 12.7. The van der Waals surface area contributed by atoms with E-state index in [0.29, 0.717) is 47.5 Å². The van der Waals surface area contributed by atoms with Crippen molar-refractivity contribution >= 4 is 63.2 Å². The average molecular weight is 474 g/mol. The number of carbonyl (C=O) groups is 2. The van der Waals surface area contributed by atoms with Gasteiger partial charge in [-0.1, -0.05) is 46.3 Å².